The minimum absolute atomic E-state index is 0.0784. The van der Waals surface area contributed by atoms with Crippen LogP contribution in [0.15, 0.2) is 23.1 Å². The molecule has 48 valence electrons. The van der Waals surface area contributed by atoms with Crippen LogP contribution in [-0.4, -0.2) is 5.11 Å². The van der Waals surface area contributed by atoms with Gasteiger partial charge in [0.05, 0.1) is 0 Å². The lowest BCUT2D eigenvalue weighted by Gasteiger charge is -1.93. The lowest BCUT2D eigenvalue weighted by Crippen LogP contribution is -1.74. The molecule has 0 spiro atoms. The van der Waals surface area contributed by atoms with E-state index in [0.29, 0.717) is 0 Å². The molecule has 9 heavy (non-hydrogen) atoms. The highest BCUT2D eigenvalue weighted by molar-refractivity contribution is 7.80. The van der Waals surface area contributed by atoms with Crippen LogP contribution in [0.1, 0.15) is 0 Å². The van der Waals surface area contributed by atoms with Crippen LogP contribution in [0.25, 0.3) is 0 Å². The number of aromatic hydroxyl groups is 1. The number of phenolic OH excluding ortho intramolecular Hbond substituents is 1. The van der Waals surface area contributed by atoms with Crippen molar-refractivity contribution in [3.05, 3.63) is 24.0 Å². The summed E-state index contributed by atoms with van der Waals surface area (Å²) >= 11 is 3.76. The molecule has 1 aromatic carbocycles. The fraction of sp³-hybridized carbons (Fsp3) is 0. The van der Waals surface area contributed by atoms with Crippen molar-refractivity contribution in [1.82, 2.24) is 0 Å². The number of phenols is 1. The number of benzene rings is 1. The summed E-state index contributed by atoms with van der Waals surface area (Å²) in [6, 6.07) is 3.79. The third-order valence-electron chi connectivity index (χ3n) is 0.931. The predicted molar refractivity (Wildman–Crippen MR) is 35.3 cm³/mol. The van der Waals surface area contributed by atoms with E-state index in [1.807, 2.05) is 0 Å². The topological polar surface area (TPSA) is 20.2 Å². The Morgan fingerprint density at radius 1 is 1.44 bits per heavy atom. The van der Waals surface area contributed by atoms with Crippen LogP contribution in [0.4, 0.5) is 4.39 Å². The van der Waals surface area contributed by atoms with Crippen LogP contribution in [0.5, 0.6) is 5.75 Å². The number of hydrogen-bond donors (Lipinski definition) is 2. The summed E-state index contributed by atoms with van der Waals surface area (Å²) in [7, 11) is 0. The van der Waals surface area contributed by atoms with Gasteiger partial charge in [-0.25, -0.2) is 4.39 Å². The van der Waals surface area contributed by atoms with Gasteiger partial charge in [0.25, 0.3) is 0 Å². The molecule has 1 N–H and O–H groups in total. The maximum Gasteiger partial charge on any atom is 0.140 e. The Bertz CT molecular complexity index is 224. The minimum Gasteiger partial charge on any atom is -0.508 e. The second-order valence-corrected chi connectivity index (χ2v) is 2.12. The standard InChI is InChI=1S/C6H5FOS/c7-5-3-4(8)1-2-6(5)9/h1-3,8-9H. The molecule has 0 aliphatic rings. The molecular formula is C6H5FOS. The van der Waals surface area contributed by atoms with Gasteiger partial charge in [-0.05, 0) is 12.1 Å². The molecule has 0 saturated carbocycles. The zero-order valence-electron chi connectivity index (χ0n) is 4.50. The summed E-state index contributed by atoms with van der Waals surface area (Å²) in [6.45, 7) is 0. The highest BCUT2D eigenvalue weighted by atomic mass is 32.1. The molecule has 3 heteroatoms. The van der Waals surface area contributed by atoms with Gasteiger partial charge in [-0.2, -0.15) is 0 Å². The predicted octanol–water partition coefficient (Wildman–Crippen LogP) is 1.82. The van der Waals surface area contributed by atoms with Crippen molar-refractivity contribution in [3.8, 4) is 5.75 Å². The van der Waals surface area contributed by atoms with Crippen molar-refractivity contribution >= 4 is 12.6 Å². The maximum atomic E-state index is 12.3. The first kappa shape index (κ1) is 6.42. The fourth-order valence-corrected chi connectivity index (χ4v) is 0.635. The van der Waals surface area contributed by atoms with Crippen LogP contribution in [0.3, 0.4) is 0 Å². The van der Waals surface area contributed by atoms with E-state index in [4.69, 9.17) is 5.11 Å². The largest absolute Gasteiger partial charge is 0.508 e. The van der Waals surface area contributed by atoms with E-state index in [2.05, 4.69) is 12.6 Å². The summed E-state index contributed by atoms with van der Waals surface area (Å²) in [6.07, 6.45) is 0. The Hall–Kier alpha value is -0.700. The SMILES string of the molecule is Oc1ccc(S)c(F)c1. The quantitative estimate of drug-likeness (QED) is 0.532. The van der Waals surface area contributed by atoms with E-state index >= 15 is 0 Å². The number of rotatable bonds is 0. The van der Waals surface area contributed by atoms with Gasteiger partial charge in [-0.3, -0.25) is 0 Å². The van der Waals surface area contributed by atoms with E-state index < -0.39 is 5.82 Å². The second-order valence-electron chi connectivity index (χ2n) is 1.64. The minimum atomic E-state index is -0.502. The highest BCUT2D eigenvalue weighted by Gasteiger charge is 1.95. The molecule has 0 aliphatic heterocycles. The van der Waals surface area contributed by atoms with Gasteiger partial charge >= 0.3 is 0 Å². The molecular weight excluding hydrogens is 139 g/mol. The Labute approximate surface area is 57.5 Å². The van der Waals surface area contributed by atoms with Crippen molar-refractivity contribution in [2.24, 2.45) is 0 Å². The molecule has 0 bridgehead atoms. The van der Waals surface area contributed by atoms with Crippen molar-refractivity contribution in [1.29, 1.82) is 0 Å². The molecule has 1 aromatic rings. The molecule has 1 nitrogen and oxygen atoms in total. The molecule has 0 aromatic heterocycles. The first-order valence-corrected chi connectivity index (χ1v) is 2.82. The van der Waals surface area contributed by atoms with Gasteiger partial charge in [-0.1, -0.05) is 0 Å². The zero-order valence-corrected chi connectivity index (χ0v) is 5.40. The second kappa shape index (κ2) is 2.27. The Morgan fingerprint density at radius 2 is 2.11 bits per heavy atom. The molecule has 0 fully saturated rings. The summed E-state index contributed by atoms with van der Waals surface area (Å²) in [5.74, 6) is -0.580. The number of thiol groups is 1. The normalized spacial score (nSPS) is 9.56. The van der Waals surface area contributed by atoms with Crippen molar-refractivity contribution in [2.75, 3.05) is 0 Å². The molecule has 0 saturated heterocycles. The van der Waals surface area contributed by atoms with E-state index in [-0.39, 0.29) is 10.6 Å². The monoisotopic (exact) mass is 144 g/mol. The van der Waals surface area contributed by atoms with Gasteiger partial charge in [0, 0.05) is 11.0 Å². The molecule has 0 radical (unpaired) electrons. The van der Waals surface area contributed by atoms with Crippen LogP contribution < -0.4 is 0 Å². The zero-order chi connectivity index (χ0) is 6.85. The molecule has 0 amide bonds. The van der Waals surface area contributed by atoms with Gasteiger partial charge in [0.2, 0.25) is 0 Å². The lowest BCUT2D eigenvalue weighted by molar-refractivity contribution is 0.466. The molecule has 0 atom stereocenters. The maximum absolute atomic E-state index is 12.3. The summed E-state index contributed by atoms with van der Waals surface area (Å²) in [5.41, 5.74) is 0. The average Bonchev–Trinajstić information content (AvgIpc) is 1.80. The van der Waals surface area contributed by atoms with Gasteiger partial charge in [0.15, 0.2) is 0 Å². The van der Waals surface area contributed by atoms with E-state index in [1.54, 1.807) is 0 Å². The summed E-state index contributed by atoms with van der Waals surface area (Å²) in [5, 5.41) is 8.66. The Morgan fingerprint density at radius 3 is 2.56 bits per heavy atom. The van der Waals surface area contributed by atoms with Crippen LogP contribution in [-0.2, 0) is 0 Å². The van der Waals surface area contributed by atoms with Crippen molar-refractivity contribution in [2.45, 2.75) is 4.90 Å². The molecule has 0 heterocycles. The lowest BCUT2D eigenvalue weighted by atomic mass is 10.3. The average molecular weight is 144 g/mol. The van der Waals surface area contributed by atoms with Gasteiger partial charge < -0.3 is 5.11 Å². The van der Waals surface area contributed by atoms with Gasteiger partial charge in [0.1, 0.15) is 11.6 Å². The fourth-order valence-electron chi connectivity index (χ4n) is 0.496. The first-order chi connectivity index (χ1) is 4.20. The van der Waals surface area contributed by atoms with Crippen molar-refractivity contribution < 1.29 is 9.50 Å². The van der Waals surface area contributed by atoms with Gasteiger partial charge in [-0.15, -0.1) is 12.6 Å². The number of halogens is 1. The van der Waals surface area contributed by atoms with Crippen LogP contribution in [0.2, 0.25) is 0 Å². The Balaban J connectivity index is 3.17. The summed E-state index contributed by atoms with van der Waals surface area (Å²) in [4.78, 5) is 0.243. The molecule has 1 rings (SSSR count). The van der Waals surface area contributed by atoms with E-state index in [9.17, 15) is 4.39 Å². The smallest absolute Gasteiger partial charge is 0.140 e. The van der Waals surface area contributed by atoms with E-state index in [1.165, 1.54) is 12.1 Å². The third-order valence-corrected chi connectivity index (χ3v) is 1.29. The summed E-state index contributed by atoms with van der Waals surface area (Å²) < 4.78 is 12.3. The first-order valence-electron chi connectivity index (χ1n) is 2.37. The Kier molecular flexibility index (Phi) is 1.62. The highest BCUT2D eigenvalue weighted by Crippen LogP contribution is 2.16. The molecule has 0 aliphatic carbocycles. The number of hydrogen-bond acceptors (Lipinski definition) is 2. The van der Waals surface area contributed by atoms with Crippen molar-refractivity contribution in [3.63, 3.8) is 0 Å². The third kappa shape index (κ3) is 1.36. The van der Waals surface area contributed by atoms with Crippen LogP contribution >= 0.6 is 12.6 Å². The van der Waals surface area contributed by atoms with Crippen LogP contribution in [0, 0.1) is 5.82 Å². The molecule has 0 unspecified atom stereocenters. The van der Waals surface area contributed by atoms with E-state index in [0.717, 1.165) is 6.07 Å².